The van der Waals surface area contributed by atoms with E-state index in [1.54, 1.807) is 11.3 Å². The van der Waals surface area contributed by atoms with Gasteiger partial charge < -0.3 is 5.73 Å². The molecule has 0 saturated carbocycles. The maximum Gasteiger partial charge on any atom is 0.110 e. The summed E-state index contributed by atoms with van der Waals surface area (Å²) in [5.74, 6) is 0. The highest BCUT2D eigenvalue weighted by molar-refractivity contribution is 7.09. The van der Waals surface area contributed by atoms with E-state index in [0.29, 0.717) is 6.04 Å². The summed E-state index contributed by atoms with van der Waals surface area (Å²) in [6.45, 7) is 6.17. The van der Waals surface area contributed by atoms with E-state index in [1.165, 1.54) is 16.1 Å². The molecule has 0 bridgehead atoms. The van der Waals surface area contributed by atoms with Crippen LogP contribution in [0.2, 0.25) is 0 Å². The number of hydrogen-bond acceptors (Lipinski definition) is 4. The molecule has 1 aromatic carbocycles. The van der Waals surface area contributed by atoms with Crippen molar-refractivity contribution in [3.63, 3.8) is 0 Å². The van der Waals surface area contributed by atoms with E-state index in [1.807, 2.05) is 19.1 Å². The van der Waals surface area contributed by atoms with Gasteiger partial charge >= 0.3 is 0 Å². The molecular formula is C14H17N3S. The topological polar surface area (TPSA) is 42.1 Å². The summed E-state index contributed by atoms with van der Waals surface area (Å²) in [5, 5.41) is 3.31. The van der Waals surface area contributed by atoms with E-state index >= 15 is 0 Å². The molecule has 4 heteroatoms. The highest BCUT2D eigenvalue weighted by atomic mass is 32.1. The van der Waals surface area contributed by atoms with Gasteiger partial charge in [0.05, 0.1) is 6.04 Å². The predicted octanol–water partition coefficient (Wildman–Crippen LogP) is 3.11. The van der Waals surface area contributed by atoms with E-state index in [2.05, 4.69) is 28.3 Å². The van der Waals surface area contributed by atoms with Gasteiger partial charge in [-0.1, -0.05) is 12.1 Å². The lowest BCUT2D eigenvalue weighted by Gasteiger charge is -2.21. The molecule has 0 spiro atoms. The number of aromatic nitrogens is 1. The first-order valence-electron chi connectivity index (χ1n) is 6.17. The summed E-state index contributed by atoms with van der Waals surface area (Å²) in [6.07, 6.45) is 0. The molecule has 1 unspecified atom stereocenters. The summed E-state index contributed by atoms with van der Waals surface area (Å²) >= 11 is 1.74. The van der Waals surface area contributed by atoms with Crippen LogP contribution in [0.5, 0.6) is 0 Å². The molecule has 3 rings (SSSR count). The number of thiazole rings is 1. The zero-order valence-corrected chi connectivity index (χ0v) is 11.5. The number of hydrogen-bond donors (Lipinski definition) is 1. The third-order valence-electron chi connectivity index (χ3n) is 3.59. The molecule has 1 atom stereocenters. The number of nitrogens with two attached hydrogens (primary N) is 1. The van der Waals surface area contributed by atoms with Crippen molar-refractivity contribution >= 4 is 17.0 Å². The quantitative estimate of drug-likeness (QED) is 0.843. The first-order valence-corrected chi connectivity index (χ1v) is 7.05. The van der Waals surface area contributed by atoms with Gasteiger partial charge in [-0.05, 0) is 31.0 Å². The molecule has 1 aliphatic heterocycles. The van der Waals surface area contributed by atoms with Crippen molar-refractivity contribution in [2.45, 2.75) is 33.0 Å². The number of rotatable bonds is 2. The van der Waals surface area contributed by atoms with Crippen molar-refractivity contribution < 1.29 is 0 Å². The SMILES string of the molecule is Cc1csc(C(C)N2Cc3cccc(N)c3C2)n1. The summed E-state index contributed by atoms with van der Waals surface area (Å²) in [4.78, 5) is 7.02. The third kappa shape index (κ3) is 1.91. The minimum atomic E-state index is 0.357. The molecule has 0 aliphatic carbocycles. The van der Waals surface area contributed by atoms with Gasteiger partial charge in [0, 0.05) is 29.9 Å². The molecule has 2 aromatic rings. The van der Waals surface area contributed by atoms with Gasteiger partial charge in [-0.15, -0.1) is 11.3 Å². The van der Waals surface area contributed by atoms with Crippen molar-refractivity contribution in [3.8, 4) is 0 Å². The lowest BCUT2D eigenvalue weighted by molar-refractivity contribution is 0.215. The standard InChI is InChI=1S/C14H17N3S/c1-9-8-18-14(16-9)10(2)17-6-11-4-3-5-13(15)12(11)7-17/h3-5,8,10H,6-7,15H2,1-2H3. The average Bonchev–Trinajstić information content (AvgIpc) is 2.95. The van der Waals surface area contributed by atoms with E-state index in [4.69, 9.17) is 5.73 Å². The number of nitrogens with zero attached hydrogens (tertiary/aromatic N) is 2. The highest BCUT2D eigenvalue weighted by Gasteiger charge is 2.26. The summed E-state index contributed by atoms with van der Waals surface area (Å²) in [7, 11) is 0. The molecule has 0 radical (unpaired) electrons. The normalized spacial score (nSPS) is 16.8. The van der Waals surface area contributed by atoms with Crippen LogP contribution in [-0.4, -0.2) is 9.88 Å². The predicted molar refractivity (Wildman–Crippen MR) is 75.4 cm³/mol. The smallest absolute Gasteiger partial charge is 0.110 e. The fourth-order valence-corrected chi connectivity index (χ4v) is 3.35. The van der Waals surface area contributed by atoms with Gasteiger partial charge in [0.25, 0.3) is 0 Å². The Balaban J connectivity index is 1.83. The van der Waals surface area contributed by atoms with Crippen LogP contribution in [0.25, 0.3) is 0 Å². The summed E-state index contributed by atoms with van der Waals surface area (Å²) in [5.41, 5.74) is 10.7. The Labute approximate surface area is 111 Å². The average molecular weight is 259 g/mol. The van der Waals surface area contributed by atoms with Crippen molar-refractivity contribution in [3.05, 3.63) is 45.4 Å². The van der Waals surface area contributed by atoms with Crippen molar-refractivity contribution in [1.29, 1.82) is 0 Å². The van der Waals surface area contributed by atoms with Crippen molar-refractivity contribution in [2.75, 3.05) is 5.73 Å². The van der Waals surface area contributed by atoms with Crippen molar-refractivity contribution in [2.24, 2.45) is 0 Å². The molecule has 2 heterocycles. The number of aryl methyl sites for hydroxylation is 1. The van der Waals surface area contributed by atoms with E-state index < -0.39 is 0 Å². The molecule has 1 aliphatic rings. The fraction of sp³-hybridized carbons (Fsp3) is 0.357. The van der Waals surface area contributed by atoms with Crippen LogP contribution in [0, 0.1) is 6.92 Å². The van der Waals surface area contributed by atoms with E-state index in [0.717, 1.165) is 24.5 Å². The maximum atomic E-state index is 6.04. The van der Waals surface area contributed by atoms with Crippen LogP contribution in [-0.2, 0) is 13.1 Å². The van der Waals surface area contributed by atoms with Gasteiger partial charge in [-0.25, -0.2) is 4.98 Å². The maximum absolute atomic E-state index is 6.04. The molecule has 3 nitrogen and oxygen atoms in total. The molecular weight excluding hydrogens is 242 g/mol. The minimum Gasteiger partial charge on any atom is -0.398 e. The molecule has 0 amide bonds. The van der Waals surface area contributed by atoms with Gasteiger partial charge in [-0.2, -0.15) is 0 Å². The Bertz CT molecular complexity index is 576. The Kier molecular flexibility index (Phi) is 2.84. The summed E-state index contributed by atoms with van der Waals surface area (Å²) < 4.78 is 0. The first kappa shape index (κ1) is 11.7. The lowest BCUT2D eigenvalue weighted by atomic mass is 10.1. The monoisotopic (exact) mass is 259 g/mol. The lowest BCUT2D eigenvalue weighted by Crippen LogP contribution is -2.20. The van der Waals surface area contributed by atoms with Crippen LogP contribution in [0.15, 0.2) is 23.6 Å². The van der Waals surface area contributed by atoms with E-state index in [9.17, 15) is 0 Å². The Morgan fingerprint density at radius 2 is 2.22 bits per heavy atom. The Morgan fingerprint density at radius 3 is 2.89 bits per heavy atom. The molecule has 2 N–H and O–H groups in total. The van der Waals surface area contributed by atoms with Gasteiger partial charge in [0.15, 0.2) is 0 Å². The Hall–Kier alpha value is -1.39. The largest absolute Gasteiger partial charge is 0.398 e. The first-order chi connectivity index (χ1) is 8.65. The second-order valence-electron chi connectivity index (χ2n) is 4.89. The molecule has 0 saturated heterocycles. The van der Waals surface area contributed by atoms with Crippen LogP contribution >= 0.6 is 11.3 Å². The zero-order chi connectivity index (χ0) is 12.7. The molecule has 0 fully saturated rings. The van der Waals surface area contributed by atoms with Crippen LogP contribution in [0.1, 0.15) is 34.8 Å². The number of nitrogen functional groups attached to an aromatic ring is 1. The Morgan fingerprint density at radius 1 is 1.39 bits per heavy atom. The van der Waals surface area contributed by atoms with Gasteiger partial charge in [0.1, 0.15) is 5.01 Å². The fourth-order valence-electron chi connectivity index (χ4n) is 2.47. The molecule has 18 heavy (non-hydrogen) atoms. The second-order valence-corrected chi connectivity index (χ2v) is 5.78. The number of benzene rings is 1. The van der Waals surface area contributed by atoms with Crippen LogP contribution < -0.4 is 5.73 Å². The molecule has 94 valence electrons. The van der Waals surface area contributed by atoms with Crippen molar-refractivity contribution in [1.82, 2.24) is 9.88 Å². The summed E-state index contributed by atoms with van der Waals surface area (Å²) in [6, 6.07) is 6.55. The minimum absolute atomic E-state index is 0.357. The number of fused-ring (bicyclic) bond motifs is 1. The number of anilines is 1. The van der Waals surface area contributed by atoms with Crippen LogP contribution in [0.4, 0.5) is 5.69 Å². The third-order valence-corrected chi connectivity index (χ3v) is 4.72. The second kappa shape index (κ2) is 4.37. The van der Waals surface area contributed by atoms with Gasteiger partial charge in [0.2, 0.25) is 0 Å². The zero-order valence-electron chi connectivity index (χ0n) is 10.7. The highest BCUT2D eigenvalue weighted by Crippen LogP contribution is 2.34. The molecule has 1 aromatic heterocycles. The van der Waals surface area contributed by atoms with E-state index in [-0.39, 0.29) is 0 Å². The van der Waals surface area contributed by atoms with Gasteiger partial charge in [-0.3, -0.25) is 4.90 Å². The van der Waals surface area contributed by atoms with Crippen LogP contribution in [0.3, 0.4) is 0 Å².